The minimum atomic E-state index is 0.482. The number of hydrogen-bond donors (Lipinski definition) is 2. The summed E-state index contributed by atoms with van der Waals surface area (Å²) in [5, 5.41) is 15.2. The topological polar surface area (TPSA) is 79.3 Å². The predicted molar refractivity (Wildman–Crippen MR) is 50.0 cm³/mol. The Hall–Kier alpha value is -1.73. The Kier molecular flexibility index (Phi) is 5.08. The Morgan fingerprint density at radius 2 is 2.08 bits per heavy atom. The van der Waals surface area contributed by atoms with E-state index in [0.29, 0.717) is 11.4 Å². The molecule has 0 heterocycles. The van der Waals surface area contributed by atoms with E-state index in [2.05, 4.69) is 4.74 Å². The van der Waals surface area contributed by atoms with Crippen molar-refractivity contribution in [3.63, 3.8) is 0 Å². The van der Waals surface area contributed by atoms with Gasteiger partial charge in [-0.3, -0.25) is 0 Å². The van der Waals surface area contributed by atoms with E-state index < -0.39 is 0 Å². The predicted octanol–water partition coefficient (Wildman–Crippen LogP) is 1.05. The fourth-order valence-corrected chi connectivity index (χ4v) is 0.735. The van der Waals surface area contributed by atoms with Crippen LogP contribution in [0.1, 0.15) is 5.56 Å². The molecule has 0 atom stereocenters. The van der Waals surface area contributed by atoms with Crippen LogP contribution in [0.3, 0.4) is 0 Å². The highest BCUT2D eigenvalue weighted by atomic mass is 16.5. The van der Waals surface area contributed by atoms with Crippen LogP contribution in [0.5, 0.6) is 5.75 Å². The van der Waals surface area contributed by atoms with Gasteiger partial charge in [0.1, 0.15) is 5.75 Å². The smallest absolute Gasteiger partial charge is 0.292 e. The minimum Gasteiger partial charge on any atom is -0.400 e. The molecule has 0 amide bonds. The molecule has 0 spiro atoms. The molecule has 0 fully saturated rings. The summed E-state index contributed by atoms with van der Waals surface area (Å²) in [6, 6.07) is 5.13. The number of nitrogens with two attached hydrogens (primary N) is 1. The Labute approximate surface area is 77.2 Å². The maximum absolute atomic E-state index is 8.17. The van der Waals surface area contributed by atoms with Crippen molar-refractivity contribution in [3.8, 4) is 12.0 Å². The van der Waals surface area contributed by atoms with E-state index in [1.54, 1.807) is 18.4 Å². The third-order valence-corrected chi connectivity index (χ3v) is 1.41. The first-order valence-corrected chi connectivity index (χ1v) is 3.61. The van der Waals surface area contributed by atoms with Crippen LogP contribution in [0.15, 0.2) is 18.2 Å². The zero-order valence-electron chi connectivity index (χ0n) is 7.61. The first-order valence-electron chi connectivity index (χ1n) is 3.61. The van der Waals surface area contributed by atoms with Crippen LogP contribution in [0, 0.1) is 18.4 Å². The SMILES string of the molecule is CO.Cc1ccc(OC#N)cc1N. The number of nitriles is 1. The molecule has 70 valence electrons. The van der Waals surface area contributed by atoms with Crippen LogP contribution in [0.2, 0.25) is 0 Å². The molecule has 0 saturated heterocycles. The number of rotatable bonds is 1. The second-order valence-electron chi connectivity index (χ2n) is 2.21. The van der Waals surface area contributed by atoms with Gasteiger partial charge in [-0.25, -0.2) is 0 Å². The number of anilines is 1. The molecule has 1 aromatic rings. The summed E-state index contributed by atoms with van der Waals surface area (Å²) in [7, 11) is 1.00. The van der Waals surface area contributed by atoms with Crippen molar-refractivity contribution in [3.05, 3.63) is 23.8 Å². The van der Waals surface area contributed by atoms with E-state index in [0.717, 1.165) is 12.7 Å². The van der Waals surface area contributed by atoms with Gasteiger partial charge >= 0.3 is 0 Å². The van der Waals surface area contributed by atoms with E-state index in [-0.39, 0.29) is 0 Å². The normalized spacial score (nSPS) is 7.85. The van der Waals surface area contributed by atoms with Crippen molar-refractivity contribution < 1.29 is 9.84 Å². The van der Waals surface area contributed by atoms with Crippen molar-refractivity contribution in [2.45, 2.75) is 6.92 Å². The summed E-state index contributed by atoms with van der Waals surface area (Å²) in [4.78, 5) is 0. The zero-order chi connectivity index (χ0) is 10.3. The Balaban J connectivity index is 0.000000671. The molecule has 0 aliphatic heterocycles. The molecule has 1 aromatic carbocycles. The molecule has 13 heavy (non-hydrogen) atoms. The lowest BCUT2D eigenvalue weighted by molar-refractivity contribution is 0.399. The van der Waals surface area contributed by atoms with Gasteiger partial charge in [-0.1, -0.05) is 6.07 Å². The fourth-order valence-electron chi connectivity index (χ4n) is 0.735. The van der Waals surface area contributed by atoms with Crippen LogP contribution in [-0.4, -0.2) is 12.2 Å². The van der Waals surface area contributed by atoms with Crippen LogP contribution in [0.25, 0.3) is 0 Å². The number of aliphatic hydroxyl groups excluding tert-OH is 1. The molecular weight excluding hydrogens is 168 g/mol. The molecule has 0 radical (unpaired) electrons. The van der Waals surface area contributed by atoms with Gasteiger partial charge in [-0.15, -0.1) is 5.26 Å². The third kappa shape index (κ3) is 3.45. The summed E-state index contributed by atoms with van der Waals surface area (Å²) in [5.74, 6) is 0.482. The number of ether oxygens (including phenoxy) is 1. The van der Waals surface area contributed by atoms with Crippen LogP contribution in [0.4, 0.5) is 5.69 Å². The number of benzene rings is 1. The van der Waals surface area contributed by atoms with Crippen LogP contribution in [-0.2, 0) is 0 Å². The maximum atomic E-state index is 8.17. The Bertz CT molecular complexity index is 305. The van der Waals surface area contributed by atoms with Crippen molar-refractivity contribution in [2.75, 3.05) is 12.8 Å². The quantitative estimate of drug-likeness (QED) is 0.500. The van der Waals surface area contributed by atoms with E-state index in [4.69, 9.17) is 16.1 Å². The highest BCUT2D eigenvalue weighted by Gasteiger charge is 1.95. The molecule has 0 aliphatic carbocycles. The highest BCUT2D eigenvalue weighted by molar-refractivity contribution is 5.50. The minimum absolute atomic E-state index is 0.482. The number of aryl methyl sites for hydroxylation is 1. The standard InChI is InChI=1S/C8H8N2O.CH4O/c1-6-2-3-7(11-5-9)4-8(6)10;1-2/h2-4H,10H2,1H3;2H,1H3. The molecule has 0 aromatic heterocycles. The average molecular weight is 180 g/mol. The van der Waals surface area contributed by atoms with Gasteiger partial charge in [0, 0.05) is 18.9 Å². The molecule has 0 aliphatic rings. The molecule has 0 bridgehead atoms. The van der Waals surface area contributed by atoms with Gasteiger partial charge in [0.2, 0.25) is 0 Å². The van der Waals surface area contributed by atoms with E-state index in [9.17, 15) is 0 Å². The molecule has 3 N–H and O–H groups in total. The summed E-state index contributed by atoms with van der Waals surface area (Å²) >= 11 is 0. The van der Waals surface area contributed by atoms with Gasteiger partial charge in [-0.05, 0) is 18.6 Å². The molecule has 0 saturated carbocycles. The second kappa shape index (κ2) is 5.86. The van der Waals surface area contributed by atoms with E-state index >= 15 is 0 Å². The van der Waals surface area contributed by atoms with E-state index in [1.807, 2.05) is 13.0 Å². The van der Waals surface area contributed by atoms with E-state index in [1.165, 1.54) is 0 Å². The van der Waals surface area contributed by atoms with Crippen molar-refractivity contribution >= 4 is 5.69 Å². The summed E-state index contributed by atoms with van der Waals surface area (Å²) in [5.41, 5.74) is 7.18. The van der Waals surface area contributed by atoms with Crippen LogP contribution >= 0.6 is 0 Å². The molecule has 4 heteroatoms. The maximum Gasteiger partial charge on any atom is 0.292 e. The summed E-state index contributed by atoms with van der Waals surface area (Å²) in [6.07, 6.45) is 1.58. The third-order valence-electron chi connectivity index (χ3n) is 1.41. The van der Waals surface area contributed by atoms with Gasteiger partial charge in [0.05, 0.1) is 0 Å². The monoisotopic (exact) mass is 180 g/mol. The molecule has 0 unspecified atom stereocenters. The Morgan fingerprint density at radius 3 is 2.54 bits per heavy atom. The summed E-state index contributed by atoms with van der Waals surface area (Å²) in [6.45, 7) is 1.89. The number of aliphatic hydroxyl groups is 1. The van der Waals surface area contributed by atoms with Gasteiger partial charge in [0.25, 0.3) is 6.26 Å². The van der Waals surface area contributed by atoms with Gasteiger partial charge in [-0.2, -0.15) is 0 Å². The summed E-state index contributed by atoms with van der Waals surface area (Å²) < 4.78 is 4.57. The largest absolute Gasteiger partial charge is 0.400 e. The Morgan fingerprint density at radius 1 is 1.46 bits per heavy atom. The lowest BCUT2D eigenvalue weighted by atomic mass is 10.2. The van der Waals surface area contributed by atoms with Gasteiger partial charge < -0.3 is 15.6 Å². The van der Waals surface area contributed by atoms with Crippen molar-refractivity contribution in [2.24, 2.45) is 0 Å². The molecular formula is C9H12N2O2. The highest BCUT2D eigenvalue weighted by Crippen LogP contribution is 2.18. The first kappa shape index (κ1) is 11.3. The lowest BCUT2D eigenvalue weighted by Crippen LogP contribution is -1.90. The lowest BCUT2D eigenvalue weighted by Gasteiger charge is -2.00. The van der Waals surface area contributed by atoms with Crippen molar-refractivity contribution in [1.82, 2.24) is 0 Å². The first-order chi connectivity index (χ1) is 6.24. The fraction of sp³-hybridized carbons (Fsp3) is 0.222. The number of nitrogens with zero attached hydrogens (tertiary/aromatic N) is 1. The zero-order valence-corrected chi connectivity index (χ0v) is 7.61. The number of nitrogen functional groups attached to an aromatic ring is 1. The number of hydrogen-bond acceptors (Lipinski definition) is 4. The molecule has 1 rings (SSSR count). The van der Waals surface area contributed by atoms with Crippen LogP contribution < -0.4 is 10.5 Å². The van der Waals surface area contributed by atoms with Gasteiger partial charge in [0.15, 0.2) is 0 Å². The van der Waals surface area contributed by atoms with Crippen molar-refractivity contribution in [1.29, 1.82) is 5.26 Å². The average Bonchev–Trinajstić information content (AvgIpc) is 2.15. The molecule has 4 nitrogen and oxygen atoms in total. The second-order valence-corrected chi connectivity index (χ2v) is 2.21.